The fraction of sp³-hybridized carbons (Fsp3) is 0.444. The Morgan fingerprint density at radius 3 is 2.56 bits per heavy atom. The van der Waals surface area contributed by atoms with Gasteiger partial charge < -0.3 is 15.0 Å². The van der Waals surface area contributed by atoms with Crippen LogP contribution in [-0.2, 0) is 19.4 Å². The summed E-state index contributed by atoms with van der Waals surface area (Å²) in [5.41, 5.74) is 2.00. The van der Waals surface area contributed by atoms with Crippen LogP contribution in [-0.4, -0.2) is 61.0 Å². The van der Waals surface area contributed by atoms with Gasteiger partial charge in [0.15, 0.2) is 9.84 Å². The van der Waals surface area contributed by atoms with Crippen molar-refractivity contribution >= 4 is 33.2 Å². The minimum absolute atomic E-state index is 0.130. The van der Waals surface area contributed by atoms with Gasteiger partial charge in [-0.1, -0.05) is 24.3 Å². The molecule has 2 amide bonds. The van der Waals surface area contributed by atoms with E-state index in [-0.39, 0.29) is 35.3 Å². The summed E-state index contributed by atoms with van der Waals surface area (Å²) >= 11 is 0. The molecule has 1 N–H and O–H groups in total. The van der Waals surface area contributed by atoms with E-state index in [0.717, 1.165) is 5.56 Å². The van der Waals surface area contributed by atoms with Gasteiger partial charge >= 0.3 is 12.0 Å². The molecular formula is C27H34N4O7S. The number of nitro benzene ring substituents is 1. The highest BCUT2D eigenvalue weighted by atomic mass is 32.2. The number of carbonyl (C=O) groups is 2. The lowest BCUT2D eigenvalue weighted by Crippen LogP contribution is -2.48. The van der Waals surface area contributed by atoms with Gasteiger partial charge in [0.2, 0.25) is 0 Å². The first-order chi connectivity index (χ1) is 18.3. The summed E-state index contributed by atoms with van der Waals surface area (Å²) in [6.45, 7) is 8.93. The van der Waals surface area contributed by atoms with E-state index in [1.165, 1.54) is 23.1 Å². The maximum atomic E-state index is 13.1. The van der Waals surface area contributed by atoms with Crippen molar-refractivity contribution in [1.82, 2.24) is 10.2 Å². The summed E-state index contributed by atoms with van der Waals surface area (Å²) in [5.74, 6) is -1.82. The molecule has 0 aliphatic carbocycles. The Balaban J connectivity index is 1.80. The molecule has 2 atom stereocenters. The number of aryl methyl sites for hydroxylation is 2. The van der Waals surface area contributed by atoms with Crippen molar-refractivity contribution in [2.75, 3.05) is 19.0 Å². The van der Waals surface area contributed by atoms with Crippen molar-refractivity contribution in [3.8, 4) is 0 Å². The van der Waals surface area contributed by atoms with E-state index < -0.39 is 44.8 Å². The second-order valence-corrected chi connectivity index (χ2v) is 11.8. The van der Waals surface area contributed by atoms with Crippen LogP contribution in [0.5, 0.6) is 0 Å². The van der Waals surface area contributed by atoms with Gasteiger partial charge in [-0.25, -0.2) is 18.2 Å². The molecule has 0 bridgehead atoms. The standard InChI is InChI=1S/C27H34N4O7S/c1-17(2)38-26(32)24-20(5)29-27(33)30(25(24)21-8-6-9-22(15-21)31(34)35)13-7-12-28-16-39(36,37)23-14-18(3)10-11-19(23)4/h6,8-11,14-15,17,24-25,28H,7,12-13,16H2,1-5H3. The minimum Gasteiger partial charge on any atom is -0.462 e. The summed E-state index contributed by atoms with van der Waals surface area (Å²) < 4.78 is 31.1. The van der Waals surface area contributed by atoms with Gasteiger partial charge in [-0.05, 0) is 70.3 Å². The van der Waals surface area contributed by atoms with Crippen LogP contribution < -0.4 is 5.32 Å². The van der Waals surface area contributed by atoms with Crippen LogP contribution in [0.4, 0.5) is 10.5 Å². The molecule has 210 valence electrons. The van der Waals surface area contributed by atoms with Crippen molar-refractivity contribution in [3.05, 3.63) is 69.3 Å². The quantitative estimate of drug-likeness (QED) is 0.187. The smallest absolute Gasteiger partial charge is 0.344 e. The first-order valence-electron chi connectivity index (χ1n) is 12.6. The lowest BCUT2D eigenvalue weighted by atomic mass is 9.86. The van der Waals surface area contributed by atoms with Gasteiger partial charge in [0, 0.05) is 24.4 Å². The number of hydrogen-bond acceptors (Lipinski definition) is 8. The van der Waals surface area contributed by atoms with Gasteiger partial charge in [0.1, 0.15) is 11.8 Å². The Hall–Kier alpha value is -3.64. The number of amides is 2. The van der Waals surface area contributed by atoms with Crippen molar-refractivity contribution in [3.63, 3.8) is 0 Å². The second kappa shape index (κ2) is 12.5. The zero-order valence-corrected chi connectivity index (χ0v) is 23.5. The molecule has 0 aromatic heterocycles. The number of hydrogen-bond donors (Lipinski definition) is 1. The minimum atomic E-state index is -3.57. The maximum absolute atomic E-state index is 13.1. The highest BCUT2D eigenvalue weighted by Gasteiger charge is 2.43. The molecule has 2 unspecified atom stereocenters. The fourth-order valence-corrected chi connectivity index (χ4v) is 6.04. The van der Waals surface area contributed by atoms with Crippen LogP contribution in [0.15, 0.2) is 52.4 Å². The predicted octanol–water partition coefficient (Wildman–Crippen LogP) is 4.13. The molecule has 11 nitrogen and oxygen atoms in total. The number of carbonyl (C=O) groups excluding carboxylic acids is 2. The molecule has 12 heteroatoms. The summed E-state index contributed by atoms with van der Waals surface area (Å²) in [7, 11) is -3.57. The lowest BCUT2D eigenvalue weighted by molar-refractivity contribution is -0.385. The van der Waals surface area contributed by atoms with E-state index in [1.807, 2.05) is 13.0 Å². The van der Waals surface area contributed by atoms with Crippen LogP contribution in [0.1, 0.15) is 49.9 Å². The first kappa shape index (κ1) is 29.9. The molecule has 1 aliphatic heterocycles. The van der Waals surface area contributed by atoms with Gasteiger partial charge in [-0.2, -0.15) is 0 Å². The zero-order valence-electron chi connectivity index (χ0n) is 22.7. The van der Waals surface area contributed by atoms with Crippen LogP contribution in [0.25, 0.3) is 0 Å². The molecule has 0 radical (unpaired) electrons. The van der Waals surface area contributed by atoms with Gasteiger partial charge in [0.25, 0.3) is 5.69 Å². The number of urea groups is 1. The second-order valence-electron chi connectivity index (χ2n) is 9.87. The average molecular weight is 559 g/mol. The Kier molecular flexibility index (Phi) is 9.57. The van der Waals surface area contributed by atoms with Crippen LogP contribution in [0.2, 0.25) is 0 Å². The third kappa shape index (κ3) is 7.27. The molecule has 0 fully saturated rings. The number of sulfone groups is 1. The van der Waals surface area contributed by atoms with Gasteiger partial charge in [0.05, 0.1) is 22.0 Å². The molecule has 1 heterocycles. The SMILES string of the molecule is CC1=NC(=O)N(CCCNCS(=O)(=O)c2cc(C)ccc2C)C(c2cccc([N+](=O)[O-])c2)C1C(=O)OC(C)C. The van der Waals surface area contributed by atoms with Crippen LogP contribution >= 0.6 is 0 Å². The molecule has 0 saturated heterocycles. The molecule has 0 spiro atoms. The van der Waals surface area contributed by atoms with Crippen LogP contribution in [0.3, 0.4) is 0 Å². The first-order valence-corrected chi connectivity index (χ1v) is 14.3. The van der Waals surface area contributed by atoms with E-state index in [4.69, 9.17) is 4.74 Å². The number of aliphatic imine (C=N–C) groups is 1. The number of benzene rings is 2. The number of nitro groups is 1. The molecule has 0 saturated carbocycles. The van der Waals surface area contributed by atoms with Crippen molar-refractivity contribution < 1.29 is 27.7 Å². The molecular weight excluding hydrogens is 524 g/mol. The van der Waals surface area contributed by atoms with E-state index in [0.29, 0.717) is 17.5 Å². The Morgan fingerprint density at radius 2 is 1.90 bits per heavy atom. The molecule has 3 rings (SSSR count). The Labute approximate surface area is 228 Å². The van der Waals surface area contributed by atoms with Crippen molar-refractivity contribution in [2.45, 2.75) is 58.1 Å². The van der Waals surface area contributed by atoms with Gasteiger partial charge in [-0.15, -0.1) is 0 Å². The topological polar surface area (TPSA) is 148 Å². The highest BCUT2D eigenvalue weighted by Crippen LogP contribution is 2.36. The summed E-state index contributed by atoms with van der Waals surface area (Å²) in [5, 5.41) is 14.4. The number of ether oxygens (including phenoxy) is 1. The fourth-order valence-electron chi connectivity index (χ4n) is 4.55. The molecule has 39 heavy (non-hydrogen) atoms. The lowest BCUT2D eigenvalue weighted by Gasteiger charge is -2.38. The highest BCUT2D eigenvalue weighted by molar-refractivity contribution is 7.91. The number of esters is 1. The molecule has 2 aromatic rings. The monoisotopic (exact) mass is 558 g/mol. The average Bonchev–Trinajstić information content (AvgIpc) is 2.85. The van der Waals surface area contributed by atoms with Crippen LogP contribution in [0, 0.1) is 29.9 Å². The van der Waals surface area contributed by atoms with Crippen molar-refractivity contribution in [1.29, 1.82) is 0 Å². The Morgan fingerprint density at radius 1 is 1.18 bits per heavy atom. The number of rotatable bonds is 11. The molecule has 1 aliphatic rings. The van der Waals surface area contributed by atoms with E-state index in [2.05, 4.69) is 10.3 Å². The number of non-ortho nitro benzene ring substituents is 1. The third-order valence-electron chi connectivity index (χ3n) is 6.37. The largest absolute Gasteiger partial charge is 0.462 e. The van der Waals surface area contributed by atoms with E-state index >= 15 is 0 Å². The summed E-state index contributed by atoms with van der Waals surface area (Å²) in [6, 6.07) is 9.60. The third-order valence-corrected chi connectivity index (χ3v) is 8.07. The normalized spacial score (nSPS) is 17.7. The molecule has 2 aromatic carbocycles. The van der Waals surface area contributed by atoms with Gasteiger partial charge in [-0.3, -0.25) is 14.9 Å². The number of nitrogens with zero attached hydrogens (tertiary/aromatic N) is 3. The maximum Gasteiger partial charge on any atom is 0.344 e. The summed E-state index contributed by atoms with van der Waals surface area (Å²) in [6.07, 6.45) is -0.0645. The van der Waals surface area contributed by atoms with Crippen molar-refractivity contribution in [2.24, 2.45) is 10.9 Å². The zero-order chi connectivity index (χ0) is 28.9. The number of nitrogens with one attached hydrogen (secondary N) is 1. The van der Waals surface area contributed by atoms with E-state index in [9.17, 15) is 28.1 Å². The van der Waals surface area contributed by atoms with E-state index in [1.54, 1.807) is 45.9 Å². The summed E-state index contributed by atoms with van der Waals surface area (Å²) in [4.78, 5) is 42.7. The predicted molar refractivity (Wildman–Crippen MR) is 146 cm³/mol. The Bertz CT molecular complexity index is 1390.